The Morgan fingerprint density at radius 1 is 1.41 bits per heavy atom. The van der Waals surface area contributed by atoms with E-state index in [2.05, 4.69) is 22.3 Å². The normalized spacial score (nSPS) is 20.5. The topological polar surface area (TPSA) is 96.7 Å². The molecule has 3 heterocycles. The van der Waals surface area contributed by atoms with Crippen molar-refractivity contribution in [2.45, 2.75) is 24.9 Å². The minimum atomic E-state index is -1.64. The number of nitrogens with zero attached hydrogens (tertiary/aromatic N) is 3. The number of amides is 1. The maximum Gasteiger partial charge on any atom is 0.360 e. The molecule has 1 aromatic carbocycles. The molecule has 0 radical (unpaired) electrons. The first-order chi connectivity index (χ1) is 13.9. The van der Waals surface area contributed by atoms with Crippen molar-refractivity contribution in [1.29, 1.82) is 0 Å². The molecule has 2 aliphatic rings. The lowest BCUT2D eigenvalue weighted by Gasteiger charge is -2.16. The van der Waals surface area contributed by atoms with Crippen LogP contribution in [-0.4, -0.2) is 64.5 Å². The maximum absolute atomic E-state index is 12.1. The van der Waals surface area contributed by atoms with Gasteiger partial charge in [0, 0.05) is 32.1 Å². The number of aromatic nitrogens is 2. The Kier molecular flexibility index (Phi) is 4.76. The Morgan fingerprint density at radius 3 is 2.97 bits per heavy atom. The van der Waals surface area contributed by atoms with Crippen molar-refractivity contribution in [3.63, 3.8) is 0 Å². The number of carbonyl (C=O) groups is 2. The number of hydrogen-bond acceptors (Lipinski definition) is 6. The molecule has 2 N–H and O–H groups in total. The standard InChI is InChI=1S/C21H22N4O4/c1-24-12-10-21(28,20(24)27)9-8-14-5-3-6-15(13-14)25-16-7-4-11-22-17(16)18(23-25)19(26)29-2/h3,5-6,13,22,28H,4,7,10-12H2,1-2H3/t21-/m0/s1. The number of benzene rings is 1. The van der Waals surface area contributed by atoms with Crippen LogP contribution >= 0.6 is 0 Å². The summed E-state index contributed by atoms with van der Waals surface area (Å²) in [4.78, 5) is 25.7. The SMILES string of the molecule is COC(=O)c1nn(-c2cccc(C#C[C@]3(O)CCN(C)C3=O)c2)c2c1NCCC2. The van der Waals surface area contributed by atoms with Crippen LogP contribution in [0.25, 0.3) is 5.69 Å². The molecule has 1 aromatic heterocycles. The Morgan fingerprint density at radius 2 is 2.24 bits per heavy atom. The van der Waals surface area contributed by atoms with Crippen molar-refractivity contribution < 1.29 is 19.4 Å². The molecule has 150 valence electrons. The van der Waals surface area contributed by atoms with Gasteiger partial charge in [0.15, 0.2) is 5.69 Å². The Balaban J connectivity index is 1.71. The fourth-order valence-electron chi connectivity index (χ4n) is 3.65. The molecular weight excluding hydrogens is 372 g/mol. The third kappa shape index (κ3) is 3.34. The molecule has 0 spiro atoms. The second-order valence-corrected chi connectivity index (χ2v) is 7.24. The second kappa shape index (κ2) is 7.26. The quantitative estimate of drug-likeness (QED) is 0.582. The highest BCUT2D eigenvalue weighted by Crippen LogP contribution is 2.29. The number of likely N-dealkylation sites (tertiary alicyclic amines) is 1. The van der Waals surface area contributed by atoms with E-state index in [4.69, 9.17) is 4.74 Å². The van der Waals surface area contributed by atoms with Gasteiger partial charge < -0.3 is 20.1 Å². The molecule has 8 heteroatoms. The van der Waals surface area contributed by atoms with Crippen molar-refractivity contribution in [1.82, 2.24) is 14.7 Å². The van der Waals surface area contributed by atoms with Gasteiger partial charge in [0.25, 0.3) is 5.91 Å². The maximum atomic E-state index is 12.1. The molecule has 4 rings (SSSR count). The van der Waals surface area contributed by atoms with Crippen LogP contribution in [0.3, 0.4) is 0 Å². The molecule has 0 unspecified atom stereocenters. The number of aliphatic hydroxyl groups is 1. The van der Waals surface area contributed by atoms with Crippen LogP contribution in [0.1, 0.15) is 34.6 Å². The van der Waals surface area contributed by atoms with E-state index in [1.807, 2.05) is 18.2 Å². The number of esters is 1. The third-order valence-corrected chi connectivity index (χ3v) is 5.27. The molecule has 29 heavy (non-hydrogen) atoms. The fraction of sp³-hybridized carbons (Fsp3) is 0.381. The van der Waals surface area contributed by atoms with Gasteiger partial charge in [-0.25, -0.2) is 9.48 Å². The summed E-state index contributed by atoms with van der Waals surface area (Å²) in [6, 6.07) is 7.33. The molecule has 0 saturated carbocycles. The molecule has 2 aromatic rings. The van der Waals surface area contributed by atoms with Gasteiger partial charge in [-0.1, -0.05) is 17.9 Å². The van der Waals surface area contributed by atoms with E-state index in [0.29, 0.717) is 17.8 Å². The molecule has 0 bridgehead atoms. The highest BCUT2D eigenvalue weighted by Gasteiger charge is 2.42. The van der Waals surface area contributed by atoms with Gasteiger partial charge in [-0.3, -0.25) is 4.79 Å². The van der Waals surface area contributed by atoms with Crippen LogP contribution in [-0.2, 0) is 16.0 Å². The van der Waals surface area contributed by atoms with Gasteiger partial charge in [-0.2, -0.15) is 5.10 Å². The fourth-order valence-corrected chi connectivity index (χ4v) is 3.65. The molecule has 1 saturated heterocycles. The number of fused-ring (bicyclic) bond motifs is 1. The number of methoxy groups -OCH3 is 1. The number of nitrogens with one attached hydrogen (secondary N) is 1. The van der Waals surface area contributed by atoms with Crippen molar-refractivity contribution in [3.05, 3.63) is 41.2 Å². The molecule has 2 aliphatic heterocycles. The predicted octanol–water partition coefficient (Wildman–Crippen LogP) is 0.962. The summed E-state index contributed by atoms with van der Waals surface area (Å²) in [6.45, 7) is 1.25. The van der Waals surface area contributed by atoms with E-state index in [-0.39, 0.29) is 18.0 Å². The van der Waals surface area contributed by atoms with Crippen molar-refractivity contribution in [2.75, 3.05) is 32.6 Å². The van der Waals surface area contributed by atoms with E-state index in [1.165, 1.54) is 12.0 Å². The van der Waals surface area contributed by atoms with E-state index >= 15 is 0 Å². The van der Waals surface area contributed by atoms with Crippen LogP contribution in [0.4, 0.5) is 5.69 Å². The summed E-state index contributed by atoms with van der Waals surface area (Å²) in [6.07, 6.45) is 2.00. The smallest absolute Gasteiger partial charge is 0.360 e. The Labute approximate surface area is 168 Å². The molecule has 1 atom stereocenters. The zero-order chi connectivity index (χ0) is 20.6. The lowest BCUT2D eigenvalue weighted by molar-refractivity contribution is -0.137. The van der Waals surface area contributed by atoms with Crippen molar-refractivity contribution in [3.8, 4) is 17.5 Å². The molecule has 1 fully saturated rings. The number of ether oxygens (including phenoxy) is 1. The zero-order valence-electron chi connectivity index (χ0n) is 16.4. The molecule has 1 amide bonds. The van der Waals surface area contributed by atoms with Crippen LogP contribution in [0.5, 0.6) is 0 Å². The highest BCUT2D eigenvalue weighted by atomic mass is 16.5. The molecule has 0 aliphatic carbocycles. The van der Waals surface area contributed by atoms with Crippen LogP contribution in [0, 0.1) is 11.8 Å². The monoisotopic (exact) mass is 394 g/mol. The minimum Gasteiger partial charge on any atom is -0.464 e. The average Bonchev–Trinajstić information content (AvgIpc) is 3.26. The number of carbonyl (C=O) groups excluding carboxylic acids is 2. The largest absolute Gasteiger partial charge is 0.464 e. The molecule has 8 nitrogen and oxygen atoms in total. The summed E-state index contributed by atoms with van der Waals surface area (Å²) in [5, 5.41) is 18.2. The van der Waals surface area contributed by atoms with Gasteiger partial charge in [0.1, 0.15) is 0 Å². The summed E-state index contributed by atoms with van der Waals surface area (Å²) in [5.41, 5.74) is 1.62. The average molecular weight is 394 g/mol. The van der Waals surface area contributed by atoms with Gasteiger partial charge >= 0.3 is 5.97 Å². The highest BCUT2D eigenvalue weighted by molar-refractivity contribution is 5.94. The van der Waals surface area contributed by atoms with Crippen LogP contribution in [0.2, 0.25) is 0 Å². The summed E-state index contributed by atoms with van der Waals surface area (Å²) in [5.74, 6) is 4.77. The van der Waals surface area contributed by atoms with E-state index in [1.54, 1.807) is 17.8 Å². The molecular formula is C21H22N4O4. The summed E-state index contributed by atoms with van der Waals surface area (Å²) < 4.78 is 6.58. The van der Waals surface area contributed by atoms with Crippen molar-refractivity contribution in [2.24, 2.45) is 0 Å². The van der Waals surface area contributed by atoms with Gasteiger partial charge in [-0.15, -0.1) is 0 Å². The number of hydrogen-bond donors (Lipinski definition) is 2. The zero-order valence-corrected chi connectivity index (χ0v) is 16.4. The van der Waals surface area contributed by atoms with Crippen LogP contribution in [0.15, 0.2) is 24.3 Å². The first kappa shape index (κ1) is 19.0. The lowest BCUT2D eigenvalue weighted by Crippen LogP contribution is -2.37. The van der Waals surface area contributed by atoms with Crippen LogP contribution < -0.4 is 5.32 Å². The first-order valence-electron chi connectivity index (χ1n) is 9.48. The summed E-state index contributed by atoms with van der Waals surface area (Å²) in [7, 11) is 2.98. The van der Waals surface area contributed by atoms with E-state index < -0.39 is 11.6 Å². The summed E-state index contributed by atoms with van der Waals surface area (Å²) >= 11 is 0. The Hall–Kier alpha value is -3.31. The predicted molar refractivity (Wildman–Crippen MR) is 106 cm³/mol. The second-order valence-electron chi connectivity index (χ2n) is 7.24. The lowest BCUT2D eigenvalue weighted by atomic mass is 10.0. The van der Waals surface area contributed by atoms with Crippen molar-refractivity contribution >= 4 is 17.6 Å². The number of anilines is 1. The van der Waals surface area contributed by atoms with Gasteiger partial charge in [0.2, 0.25) is 5.60 Å². The Bertz CT molecular complexity index is 1050. The van der Waals surface area contributed by atoms with Gasteiger partial charge in [0.05, 0.1) is 24.2 Å². The minimum absolute atomic E-state index is 0.257. The number of likely N-dealkylation sites (N-methyl/N-ethyl adjacent to an activating group) is 1. The van der Waals surface area contributed by atoms with E-state index in [9.17, 15) is 14.7 Å². The third-order valence-electron chi connectivity index (χ3n) is 5.27. The first-order valence-corrected chi connectivity index (χ1v) is 9.48. The van der Waals surface area contributed by atoms with E-state index in [0.717, 1.165) is 30.8 Å². The van der Waals surface area contributed by atoms with Gasteiger partial charge in [-0.05, 0) is 31.0 Å². The number of rotatable bonds is 2.